The van der Waals surface area contributed by atoms with Crippen LogP contribution in [0.3, 0.4) is 0 Å². The zero-order valence-corrected chi connectivity index (χ0v) is 23.5. The van der Waals surface area contributed by atoms with E-state index in [0.29, 0.717) is 31.9 Å². The molecular weight excluding hydrogens is 536 g/mol. The monoisotopic (exact) mass is 568 g/mol. The van der Waals surface area contributed by atoms with Crippen LogP contribution in [0.4, 0.5) is 10.6 Å². The molecular formula is C27H32N6O4S2. The fourth-order valence-corrected chi connectivity index (χ4v) is 6.49. The van der Waals surface area contributed by atoms with Crippen molar-refractivity contribution in [3.8, 4) is 0 Å². The molecule has 0 saturated carbocycles. The van der Waals surface area contributed by atoms with Gasteiger partial charge in [0.1, 0.15) is 11.5 Å². The summed E-state index contributed by atoms with van der Waals surface area (Å²) in [6.07, 6.45) is 4.60. The SMILES string of the molecule is CS(=O)(=O)c1ccc(CNC(=O)c2csc(C3CCN(C(=O)N4CCN(c5ccccn5)CC4)CC3)n2)cc1. The number of carbonyl (C=O) groups excluding carboxylic acids is 2. The molecule has 2 fully saturated rings. The van der Waals surface area contributed by atoms with Gasteiger partial charge in [-0.15, -0.1) is 11.3 Å². The predicted octanol–water partition coefficient (Wildman–Crippen LogP) is 2.99. The maximum Gasteiger partial charge on any atom is 0.320 e. The van der Waals surface area contributed by atoms with Crippen molar-refractivity contribution in [3.05, 3.63) is 70.3 Å². The van der Waals surface area contributed by atoms with Gasteiger partial charge in [-0.05, 0) is 42.7 Å². The van der Waals surface area contributed by atoms with E-state index < -0.39 is 9.84 Å². The maximum absolute atomic E-state index is 13.1. The molecule has 2 aliphatic heterocycles. The van der Waals surface area contributed by atoms with Crippen molar-refractivity contribution in [2.45, 2.75) is 30.2 Å². The Hall–Kier alpha value is -3.51. The Labute approximate surface area is 232 Å². The standard InChI is InChI=1S/C27H32N6O4S2/c1-39(36,37)22-7-5-20(6-8-22)18-29-25(34)23-19-38-26(30-23)21-9-12-32(13-10-21)27(35)33-16-14-31(15-17-33)24-4-2-3-11-28-24/h2-8,11,19,21H,9-10,12-18H2,1H3,(H,29,34). The van der Waals surface area contributed by atoms with Crippen LogP contribution < -0.4 is 10.2 Å². The van der Waals surface area contributed by atoms with Gasteiger partial charge < -0.3 is 20.0 Å². The van der Waals surface area contributed by atoms with Gasteiger partial charge in [-0.25, -0.2) is 23.2 Å². The van der Waals surface area contributed by atoms with Gasteiger partial charge in [0.25, 0.3) is 5.91 Å². The van der Waals surface area contributed by atoms with E-state index in [4.69, 9.17) is 0 Å². The number of amides is 3. The molecule has 4 heterocycles. The highest BCUT2D eigenvalue weighted by Gasteiger charge is 2.30. The van der Waals surface area contributed by atoms with E-state index in [2.05, 4.69) is 20.2 Å². The lowest BCUT2D eigenvalue weighted by atomic mass is 9.98. The summed E-state index contributed by atoms with van der Waals surface area (Å²) in [7, 11) is -3.25. The molecule has 206 valence electrons. The first-order valence-electron chi connectivity index (χ1n) is 13.0. The predicted molar refractivity (Wildman–Crippen MR) is 150 cm³/mol. The number of anilines is 1. The number of urea groups is 1. The fourth-order valence-electron chi connectivity index (χ4n) is 4.89. The zero-order valence-electron chi connectivity index (χ0n) is 21.8. The molecule has 1 N–H and O–H groups in total. The second kappa shape index (κ2) is 11.7. The van der Waals surface area contributed by atoms with Gasteiger partial charge in [0.15, 0.2) is 9.84 Å². The molecule has 3 amide bonds. The Morgan fingerprint density at radius 1 is 0.974 bits per heavy atom. The number of piperazine rings is 1. The minimum atomic E-state index is -3.25. The van der Waals surface area contributed by atoms with Gasteiger partial charge in [-0.3, -0.25) is 4.79 Å². The third-order valence-corrected chi connectivity index (χ3v) is 9.33. The van der Waals surface area contributed by atoms with Crippen molar-refractivity contribution in [1.82, 2.24) is 25.1 Å². The van der Waals surface area contributed by atoms with E-state index in [1.165, 1.54) is 23.5 Å². The van der Waals surface area contributed by atoms with Crippen LogP contribution in [0.5, 0.6) is 0 Å². The first kappa shape index (κ1) is 27.1. The summed E-state index contributed by atoms with van der Waals surface area (Å²) in [4.78, 5) is 41.1. The van der Waals surface area contributed by atoms with Gasteiger partial charge in [0.05, 0.1) is 9.90 Å². The number of carbonyl (C=O) groups is 2. The Balaban J connectivity index is 1.08. The van der Waals surface area contributed by atoms with Crippen molar-refractivity contribution in [2.24, 2.45) is 0 Å². The highest BCUT2D eigenvalue weighted by atomic mass is 32.2. The first-order valence-corrected chi connectivity index (χ1v) is 15.8. The Kier molecular flexibility index (Phi) is 8.12. The minimum Gasteiger partial charge on any atom is -0.353 e. The van der Waals surface area contributed by atoms with E-state index >= 15 is 0 Å². The van der Waals surface area contributed by atoms with Crippen LogP contribution in [0.25, 0.3) is 0 Å². The molecule has 1 aromatic carbocycles. The molecule has 0 bridgehead atoms. The van der Waals surface area contributed by atoms with Gasteiger partial charge in [0, 0.05) is 69.6 Å². The number of rotatable bonds is 6. The number of thiazole rings is 1. The average molecular weight is 569 g/mol. The second-order valence-electron chi connectivity index (χ2n) is 9.88. The normalized spacial score (nSPS) is 16.8. The summed E-state index contributed by atoms with van der Waals surface area (Å²) < 4.78 is 23.2. The number of sulfone groups is 1. The van der Waals surface area contributed by atoms with E-state index in [-0.39, 0.29) is 29.3 Å². The molecule has 2 aromatic heterocycles. The van der Waals surface area contributed by atoms with E-state index in [0.717, 1.165) is 48.6 Å². The number of hydrogen-bond acceptors (Lipinski definition) is 8. The fraction of sp³-hybridized carbons (Fsp3) is 0.407. The molecule has 0 spiro atoms. The summed E-state index contributed by atoms with van der Waals surface area (Å²) in [5, 5.41) is 5.55. The summed E-state index contributed by atoms with van der Waals surface area (Å²) in [6, 6.07) is 12.4. The highest BCUT2D eigenvalue weighted by Crippen LogP contribution is 2.31. The van der Waals surface area contributed by atoms with Crippen molar-refractivity contribution in [1.29, 1.82) is 0 Å². The summed E-state index contributed by atoms with van der Waals surface area (Å²) in [5.74, 6) is 0.914. The largest absolute Gasteiger partial charge is 0.353 e. The number of likely N-dealkylation sites (tertiary alicyclic amines) is 1. The van der Waals surface area contributed by atoms with Gasteiger partial charge in [-0.1, -0.05) is 18.2 Å². The number of nitrogens with one attached hydrogen (secondary N) is 1. The van der Waals surface area contributed by atoms with E-state index in [9.17, 15) is 18.0 Å². The number of benzene rings is 1. The lowest BCUT2D eigenvalue weighted by Gasteiger charge is -2.39. The lowest BCUT2D eigenvalue weighted by molar-refractivity contribution is 0.0946. The average Bonchev–Trinajstić information content (AvgIpc) is 3.47. The molecule has 10 nitrogen and oxygen atoms in total. The maximum atomic E-state index is 13.1. The molecule has 0 unspecified atom stereocenters. The third-order valence-electron chi connectivity index (χ3n) is 7.20. The summed E-state index contributed by atoms with van der Waals surface area (Å²) >= 11 is 1.48. The molecule has 0 atom stereocenters. The highest BCUT2D eigenvalue weighted by molar-refractivity contribution is 7.90. The Morgan fingerprint density at radius 2 is 1.67 bits per heavy atom. The topological polar surface area (TPSA) is 116 Å². The number of aromatic nitrogens is 2. The Bertz CT molecular complexity index is 1400. The Morgan fingerprint density at radius 3 is 2.31 bits per heavy atom. The number of hydrogen-bond donors (Lipinski definition) is 1. The molecule has 2 aliphatic rings. The van der Waals surface area contributed by atoms with E-state index in [1.807, 2.05) is 28.0 Å². The van der Waals surface area contributed by atoms with Crippen molar-refractivity contribution in [2.75, 3.05) is 50.4 Å². The number of nitrogens with zero attached hydrogens (tertiary/aromatic N) is 5. The molecule has 3 aromatic rings. The van der Waals surface area contributed by atoms with Crippen molar-refractivity contribution >= 4 is 38.9 Å². The van der Waals surface area contributed by atoms with Gasteiger partial charge in [0.2, 0.25) is 0 Å². The van der Waals surface area contributed by atoms with Crippen LogP contribution in [-0.4, -0.2) is 85.6 Å². The van der Waals surface area contributed by atoms with Crippen LogP contribution in [0.1, 0.15) is 39.8 Å². The molecule has 12 heteroatoms. The molecule has 0 aliphatic carbocycles. The smallest absolute Gasteiger partial charge is 0.320 e. The zero-order chi connectivity index (χ0) is 27.4. The molecule has 0 radical (unpaired) electrons. The molecule has 39 heavy (non-hydrogen) atoms. The molecule has 5 rings (SSSR count). The van der Waals surface area contributed by atoms with Gasteiger partial charge >= 0.3 is 6.03 Å². The van der Waals surface area contributed by atoms with Crippen LogP contribution >= 0.6 is 11.3 Å². The number of pyridine rings is 1. The molecule has 2 saturated heterocycles. The third kappa shape index (κ3) is 6.56. The van der Waals surface area contributed by atoms with Crippen LogP contribution in [0.2, 0.25) is 0 Å². The van der Waals surface area contributed by atoms with Crippen molar-refractivity contribution < 1.29 is 18.0 Å². The lowest BCUT2D eigenvalue weighted by Crippen LogP contribution is -2.54. The quantitative estimate of drug-likeness (QED) is 0.486. The first-order chi connectivity index (χ1) is 18.8. The van der Waals surface area contributed by atoms with E-state index in [1.54, 1.807) is 23.7 Å². The van der Waals surface area contributed by atoms with Gasteiger partial charge in [-0.2, -0.15) is 0 Å². The van der Waals surface area contributed by atoms with Crippen LogP contribution in [0.15, 0.2) is 58.9 Å². The number of piperidine rings is 1. The second-order valence-corrected chi connectivity index (χ2v) is 12.8. The summed E-state index contributed by atoms with van der Waals surface area (Å²) in [6.45, 7) is 4.55. The van der Waals surface area contributed by atoms with Crippen LogP contribution in [-0.2, 0) is 16.4 Å². The van der Waals surface area contributed by atoms with Crippen LogP contribution in [0, 0.1) is 0 Å². The minimum absolute atomic E-state index is 0.0953. The van der Waals surface area contributed by atoms with Crippen molar-refractivity contribution in [3.63, 3.8) is 0 Å². The summed E-state index contributed by atoms with van der Waals surface area (Å²) in [5.41, 5.74) is 1.19.